The molecule has 0 bridgehead atoms. The van der Waals surface area contributed by atoms with Crippen LogP contribution >= 0.6 is 11.6 Å². The molecule has 1 aromatic carbocycles. The highest BCUT2D eigenvalue weighted by atomic mass is 35.5. The van der Waals surface area contributed by atoms with Crippen molar-refractivity contribution in [2.75, 3.05) is 18.7 Å². The lowest BCUT2D eigenvalue weighted by Gasteiger charge is -2.18. The van der Waals surface area contributed by atoms with E-state index < -0.39 is 18.2 Å². The van der Waals surface area contributed by atoms with Gasteiger partial charge in [-0.2, -0.15) is 0 Å². The number of methoxy groups -OCH3 is 1. The van der Waals surface area contributed by atoms with Crippen LogP contribution in [0.5, 0.6) is 0 Å². The predicted octanol–water partition coefficient (Wildman–Crippen LogP) is 0.689. The third kappa shape index (κ3) is 2.88. The van der Waals surface area contributed by atoms with E-state index in [1.807, 2.05) is 0 Å². The number of benzene rings is 1. The number of carbonyl (C=O) groups is 1. The Hall–Kier alpha value is -1.30. The molecular weight excluding hydrogens is 246 g/mol. The maximum atomic E-state index is 11.4. The first kappa shape index (κ1) is 13.8. The molecule has 0 aliphatic rings. The van der Waals surface area contributed by atoms with Crippen LogP contribution in [0.4, 0.5) is 5.69 Å². The minimum atomic E-state index is -1.24. The van der Waals surface area contributed by atoms with E-state index in [0.29, 0.717) is 0 Å². The maximum Gasteiger partial charge on any atom is 0.339 e. The zero-order valence-electron chi connectivity index (χ0n) is 9.26. The number of ether oxygens (including phenoxy) is 1. The average Bonchev–Trinajstić information content (AvgIpc) is 2.36. The molecule has 0 radical (unpaired) electrons. The Bertz CT molecular complexity index is 410. The van der Waals surface area contributed by atoms with Crippen molar-refractivity contribution < 1.29 is 19.7 Å². The van der Waals surface area contributed by atoms with E-state index >= 15 is 0 Å². The van der Waals surface area contributed by atoms with Gasteiger partial charge in [0.1, 0.15) is 6.10 Å². The van der Waals surface area contributed by atoms with Crippen molar-refractivity contribution in [1.82, 2.24) is 0 Å². The molecule has 0 saturated carbocycles. The molecule has 0 aliphatic heterocycles. The number of esters is 1. The van der Waals surface area contributed by atoms with Gasteiger partial charge in [0.15, 0.2) is 0 Å². The van der Waals surface area contributed by atoms with Crippen LogP contribution in [0.3, 0.4) is 0 Å². The Kier molecular flexibility index (Phi) is 4.74. The van der Waals surface area contributed by atoms with Gasteiger partial charge in [-0.15, -0.1) is 11.6 Å². The summed E-state index contributed by atoms with van der Waals surface area (Å²) in [7, 11) is 1.23. The third-order valence-corrected chi connectivity index (χ3v) is 2.70. The van der Waals surface area contributed by atoms with Crippen molar-refractivity contribution in [3.63, 3.8) is 0 Å². The fourth-order valence-electron chi connectivity index (χ4n) is 1.42. The van der Waals surface area contributed by atoms with Crippen LogP contribution in [-0.2, 0) is 4.74 Å². The molecule has 17 heavy (non-hydrogen) atoms. The summed E-state index contributed by atoms with van der Waals surface area (Å²) in [5.74, 6) is -0.736. The third-order valence-electron chi connectivity index (χ3n) is 2.39. The first-order chi connectivity index (χ1) is 8.02. The number of rotatable bonds is 4. The second-order valence-corrected chi connectivity index (χ2v) is 3.78. The van der Waals surface area contributed by atoms with Crippen LogP contribution in [0, 0.1) is 0 Å². The van der Waals surface area contributed by atoms with Crippen molar-refractivity contribution in [2.24, 2.45) is 0 Å². The standard InChI is InChI=1S/C11H14ClNO4/c1-17-11(16)7-4-2-3-6(9(7)13)10(15)8(14)5-12/h2-4,8,10,14-15H,5,13H2,1H3. The van der Waals surface area contributed by atoms with Crippen molar-refractivity contribution in [2.45, 2.75) is 12.2 Å². The molecule has 0 aromatic heterocycles. The SMILES string of the molecule is COC(=O)c1cccc(C(O)C(O)CCl)c1N. The van der Waals surface area contributed by atoms with Gasteiger partial charge in [0.05, 0.1) is 30.3 Å². The summed E-state index contributed by atoms with van der Waals surface area (Å²) in [6, 6.07) is 4.54. The number of nitrogen functional groups attached to an aromatic ring is 1. The Labute approximate surface area is 104 Å². The van der Waals surface area contributed by atoms with Gasteiger partial charge in [-0.3, -0.25) is 0 Å². The second kappa shape index (κ2) is 5.86. The van der Waals surface area contributed by atoms with Crippen molar-refractivity contribution >= 4 is 23.3 Å². The Balaban J connectivity index is 3.14. The van der Waals surface area contributed by atoms with Crippen molar-refractivity contribution in [1.29, 1.82) is 0 Å². The number of anilines is 1. The molecule has 0 heterocycles. The number of hydrogen-bond acceptors (Lipinski definition) is 5. The van der Waals surface area contributed by atoms with Crippen LogP contribution < -0.4 is 5.73 Å². The number of halogens is 1. The van der Waals surface area contributed by atoms with Crippen LogP contribution in [0.2, 0.25) is 0 Å². The van der Waals surface area contributed by atoms with Gasteiger partial charge in [-0.1, -0.05) is 12.1 Å². The zero-order chi connectivity index (χ0) is 13.0. The normalized spacial score (nSPS) is 14.1. The minimum absolute atomic E-state index is 0.0796. The van der Waals surface area contributed by atoms with E-state index in [4.69, 9.17) is 17.3 Å². The number of aliphatic hydroxyl groups excluding tert-OH is 2. The summed E-state index contributed by atoms with van der Waals surface area (Å²) in [5, 5.41) is 19.2. The molecule has 0 spiro atoms. The molecule has 0 saturated heterocycles. The molecule has 94 valence electrons. The lowest BCUT2D eigenvalue weighted by molar-refractivity contribution is 0.0330. The molecular formula is C11H14ClNO4. The highest BCUT2D eigenvalue weighted by molar-refractivity contribution is 6.18. The van der Waals surface area contributed by atoms with Crippen LogP contribution in [0.25, 0.3) is 0 Å². The van der Waals surface area contributed by atoms with E-state index in [1.54, 1.807) is 6.07 Å². The Morgan fingerprint density at radius 1 is 1.53 bits per heavy atom. The van der Waals surface area contributed by atoms with E-state index in [2.05, 4.69) is 4.74 Å². The highest BCUT2D eigenvalue weighted by Crippen LogP contribution is 2.27. The average molecular weight is 260 g/mol. The topological polar surface area (TPSA) is 92.8 Å². The van der Waals surface area contributed by atoms with E-state index in [9.17, 15) is 15.0 Å². The van der Waals surface area contributed by atoms with Gasteiger partial charge in [-0.05, 0) is 6.07 Å². The predicted molar refractivity (Wildman–Crippen MR) is 63.9 cm³/mol. The smallest absolute Gasteiger partial charge is 0.339 e. The molecule has 1 rings (SSSR count). The molecule has 2 atom stereocenters. The van der Waals surface area contributed by atoms with Crippen molar-refractivity contribution in [3.8, 4) is 0 Å². The minimum Gasteiger partial charge on any atom is -0.465 e. The van der Waals surface area contributed by atoms with E-state index in [-0.39, 0.29) is 22.7 Å². The Morgan fingerprint density at radius 3 is 2.71 bits per heavy atom. The molecule has 0 aliphatic carbocycles. The summed E-state index contributed by atoms with van der Waals surface area (Å²) in [4.78, 5) is 11.4. The summed E-state index contributed by atoms with van der Waals surface area (Å²) < 4.78 is 4.55. The molecule has 1 aromatic rings. The fraction of sp³-hybridized carbons (Fsp3) is 0.364. The zero-order valence-corrected chi connectivity index (χ0v) is 10.0. The van der Waals surface area contributed by atoms with Crippen LogP contribution in [0.1, 0.15) is 22.0 Å². The number of alkyl halides is 1. The first-order valence-electron chi connectivity index (χ1n) is 4.91. The summed E-state index contributed by atoms with van der Waals surface area (Å²) in [5.41, 5.74) is 6.21. The van der Waals surface area contributed by atoms with Gasteiger partial charge in [0, 0.05) is 5.56 Å². The number of aliphatic hydroxyl groups is 2. The fourth-order valence-corrected chi connectivity index (χ4v) is 1.59. The molecule has 0 amide bonds. The molecule has 5 nitrogen and oxygen atoms in total. The number of hydrogen-bond donors (Lipinski definition) is 3. The van der Waals surface area contributed by atoms with Gasteiger partial charge >= 0.3 is 5.97 Å². The van der Waals surface area contributed by atoms with Gasteiger partial charge in [0.2, 0.25) is 0 Å². The first-order valence-corrected chi connectivity index (χ1v) is 5.45. The van der Waals surface area contributed by atoms with Gasteiger partial charge in [-0.25, -0.2) is 4.79 Å². The number of para-hydroxylation sites is 1. The quantitative estimate of drug-likeness (QED) is 0.420. The van der Waals surface area contributed by atoms with Crippen molar-refractivity contribution in [3.05, 3.63) is 29.3 Å². The lowest BCUT2D eigenvalue weighted by Crippen LogP contribution is -2.21. The lowest BCUT2D eigenvalue weighted by atomic mass is 10.00. The highest BCUT2D eigenvalue weighted by Gasteiger charge is 2.22. The van der Waals surface area contributed by atoms with Crippen LogP contribution in [0.15, 0.2) is 18.2 Å². The molecule has 0 fully saturated rings. The van der Waals surface area contributed by atoms with E-state index in [0.717, 1.165) is 0 Å². The summed E-state index contributed by atoms with van der Waals surface area (Å²) >= 11 is 5.44. The maximum absolute atomic E-state index is 11.4. The van der Waals surface area contributed by atoms with E-state index in [1.165, 1.54) is 19.2 Å². The van der Waals surface area contributed by atoms with Gasteiger partial charge in [0.25, 0.3) is 0 Å². The summed E-state index contributed by atoms with van der Waals surface area (Å²) in [6.45, 7) is 0. The second-order valence-electron chi connectivity index (χ2n) is 3.47. The van der Waals surface area contributed by atoms with Gasteiger partial charge < -0.3 is 20.7 Å². The molecule has 6 heteroatoms. The number of carbonyl (C=O) groups excluding carboxylic acids is 1. The molecule has 2 unspecified atom stereocenters. The number of nitrogens with two attached hydrogens (primary N) is 1. The summed E-state index contributed by atoms with van der Waals surface area (Å²) in [6.07, 6.45) is -2.39. The monoisotopic (exact) mass is 259 g/mol. The Morgan fingerprint density at radius 2 is 2.18 bits per heavy atom. The van der Waals surface area contributed by atoms with Crippen LogP contribution in [-0.4, -0.2) is 35.3 Å². The largest absolute Gasteiger partial charge is 0.465 e. The molecule has 4 N–H and O–H groups in total.